The van der Waals surface area contributed by atoms with E-state index < -0.39 is 0 Å². The molecule has 0 unspecified atom stereocenters. The highest BCUT2D eigenvalue weighted by atomic mass is 35.5. The lowest BCUT2D eigenvalue weighted by molar-refractivity contribution is 0.284. The second-order valence-corrected chi connectivity index (χ2v) is 9.79. The first-order valence-corrected chi connectivity index (χ1v) is 12.7. The number of benzene rings is 4. The zero-order valence-electron chi connectivity index (χ0n) is 21.2. The van der Waals surface area contributed by atoms with Crippen LogP contribution in [0, 0.1) is 19.7 Å². The number of hydrogen-bond acceptors (Lipinski definition) is 4. The number of methoxy groups -OCH3 is 1. The molecule has 37 heavy (non-hydrogen) atoms. The first-order chi connectivity index (χ1) is 17.9. The first kappa shape index (κ1) is 25.0. The van der Waals surface area contributed by atoms with Crippen molar-refractivity contribution >= 4 is 23.0 Å². The molecule has 0 aliphatic carbocycles. The van der Waals surface area contributed by atoms with Gasteiger partial charge in [0.2, 0.25) is 0 Å². The van der Waals surface area contributed by atoms with Gasteiger partial charge in [-0.25, -0.2) is 4.39 Å². The summed E-state index contributed by atoms with van der Waals surface area (Å²) in [4.78, 5) is 4.78. The van der Waals surface area contributed by atoms with Gasteiger partial charge in [-0.2, -0.15) is 0 Å². The fourth-order valence-electron chi connectivity index (χ4n) is 4.77. The van der Waals surface area contributed by atoms with Crippen LogP contribution in [-0.4, -0.2) is 20.2 Å². The van der Waals surface area contributed by atoms with Crippen LogP contribution in [0.5, 0.6) is 11.5 Å². The van der Waals surface area contributed by atoms with E-state index in [-0.39, 0.29) is 18.6 Å². The van der Waals surface area contributed by atoms with Crippen LogP contribution in [0.3, 0.4) is 0 Å². The van der Waals surface area contributed by atoms with Crippen molar-refractivity contribution < 1.29 is 13.9 Å². The topological polar surface area (TPSA) is 24.9 Å². The second-order valence-electron chi connectivity index (χ2n) is 9.38. The predicted molar refractivity (Wildman–Crippen MR) is 149 cm³/mol. The van der Waals surface area contributed by atoms with Gasteiger partial charge in [-0.05, 0) is 67.9 Å². The Hall–Kier alpha value is -3.70. The summed E-state index contributed by atoms with van der Waals surface area (Å²) in [6.07, 6.45) is -0.0806. The zero-order valence-corrected chi connectivity index (χ0v) is 22.0. The van der Waals surface area contributed by atoms with Crippen molar-refractivity contribution in [3.8, 4) is 11.5 Å². The monoisotopic (exact) mass is 516 g/mol. The minimum absolute atomic E-state index is 0.0806. The lowest BCUT2D eigenvalue weighted by atomic mass is 10.1. The maximum atomic E-state index is 13.3. The maximum absolute atomic E-state index is 13.3. The maximum Gasteiger partial charge on any atom is 0.180 e. The fourth-order valence-corrected chi connectivity index (χ4v) is 5.04. The van der Waals surface area contributed by atoms with E-state index in [4.69, 9.17) is 21.1 Å². The molecule has 6 heteroatoms. The van der Waals surface area contributed by atoms with Crippen molar-refractivity contribution in [2.45, 2.75) is 26.6 Å². The second kappa shape index (κ2) is 10.7. The summed E-state index contributed by atoms with van der Waals surface area (Å²) in [5, 5.41) is 0.469. The Bertz CT molecular complexity index is 1300. The van der Waals surface area contributed by atoms with Crippen LogP contribution < -0.4 is 19.3 Å². The quantitative estimate of drug-likeness (QED) is 0.251. The smallest absolute Gasteiger partial charge is 0.180 e. The van der Waals surface area contributed by atoms with Crippen LogP contribution in [0.15, 0.2) is 84.9 Å². The van der Waals surface area contributed by atoms with E-state index in [9.17, 15) is 4.39 Å². The molecule has 0 radical (unpaired) electrons. The molecule has 0 bridgehead atoms. The van der Waals surface area contributed by atoms with Gasteiger partial charge in [0.05, 0.1) is 12.1 Å². The summed E-state index contributed by atoms with van der Waals surface area (Å²) in [5.74, 6) is 0.750. The summed E-state index contributed by atoms with van der Waals surface area (Å²) >= 11 is 6.81. The molecule has 0 aromatic heterocycles. The molecule has 0 amide bonds. The van der Waals surface area contributed by atoms with Gasteiger partial charge in [-0.15, -0.1) is 0 Å². The number of halogens is 2. The number of rotatable bonds is 7. The summed E-state index contributed by atoms with van der Waals surface area (Å²) in [6.45, 7) is 6.18. The van der Waals surface area contributed by atoms with Crippen molar-refractivity contribution in [3.05, 3.63) is 118 Å². The van der Waals surface area contributed by atoms with E-state index in [1.54, 1.807) is 19.2 Å². The molecule has 0 spiro atoms. The normalized spacial score (nSPS) is 13.8. The van der Waals surface area contributed by atoms with Crippen molar-refractivity contribution in [2.75, 3.05) is 30.0 Å². The molecule has 4 aromatic carbocycles. The first-order valence-electron chi connectivity index (χ1n) is 12.3. The molecule has 0 saturated carbocycles. The summed E-state index contributed by atoms with van der Waals surface area (Å²) in [7, 11) is 1.62. The Morgan fingerprint density at radius 1 is 0.811 bits per heavy atom. The van der Waals surface area contributed by atoms with E-state index in [2.05, 4.69) is 72.2 Å². The Balaban J connectivity index is 1.51. The van der Waals surface area contributed by atoms with E-state index in [0.717, 1.165) is 35.6 Å². The molecule has 0 atom stereocenters. The van der Waals surface area contributed by atoms with Crippen LogP contribution in [0.1, 0.15) is 28.4 Å². The van der Waals surface area contributed by atoms with Crippen LogP contribution in [-0.2, 0) is 6.61 Å². The highest BCUT2D eigenvalue weighted by Crippen LogP contribution is 2.44. The third kappa shape index (κ3) is 5.37. The zero-order chi connectivity index (χ0) is 25.9. The molecule has 1 saturated heterocycles. The van der Waals surface area contributed by atoms with Crippen LogP contribution in [0.4, 0.5) is 15.8 Å². The third-order valence-corrected chi connectivity index (χ3v) is 7.03. The largest absolute Gasteiger partial charge is 0.493 e. The molecule has 190 valence electrons. The lowest BCUT2D eigenvalue weighted by Crippen LogP contribution is -2.31. The Morgan fingerprint density at radius 3 is 1.86 bits per heavy atom. The molecular formula is C31H30ClFN2O2. The van der Waals surface area contributed by atoms with Crippen LogP contribution >= 0.6 is 11.6 Å². The lowest BCUT2D eigenvalue weighted by Gasteiger charge is -2.34. The molecular weight excluding hydrogens is 487 g/mol. The number of aryl methyl sites for hydroxylation is 2. The van der Waals surface area contributed by atoms with Gasteiger partial charge in [-0.1, -0.05) is 59.1 Å². The van der Waals surface area contributed by atoms with Gasteiger partial charge in [-0.3, -0.25) is 0 Å². The van der Waals surface area contributed by atoms with Crippen LogP contribution in [0.2, 0.25) is 5.02 Å². The molecule has 1 aliphatic rings. The number of nitrogens with zero attached hydrogens (tertiary/aromatic N) is 2. The summed E-state index contributed by atoms with van der Waals surface area (Å²) in [6, 6.07) is 27.4. The Morgan fingerprint density at radius 2 is 1.35 bits per heavy atom. The Labute approximate surface area is 222 Å². The molecule has 5 rings (SSSR count). The highest BCUT2D eigenvalue weighted by Gasteiger charge is 2.35. The Kier molecular flexibility index (Phi) is 7.24. The molecule has 0 N–H and O–H groups in total. The molecule has 4 nitrogen and oxygen atoms in total. The van der Waals surface area contributed by atoms with Crippen molar-refractivity contribution in [1.82, 2.24) is 0 Å². The van der Waals surface area contributed by atoms with Gasteiger partial charge in [0.15, 0.2) is 11.5 Å². The van der Waals surface area contributed by atoms with Crippen LogP contribution in [0.25, 0.3) is 0 Å². The minimum Gasteiger partial charge on any atom is -0.493 e. The van der Waals surface area contributed by atoms with Crippen molar-refractivity contribution in [2.24, 2.45) is 0 Å². The number of ether oxygens (including phenoxy) is 2. The average Bonchev–Trinajstić information content (AvgIpc) is 3.34. The predicted octanol–water partition coefficient (Wildman–Crippen LogP) is 7.71. The van der Waals surface area contributed by atoms with E-state index in [1.165, 1.54) is 23.3 Å². The van der Waals surface area contributed by atoms with Crippen molar-refractivity contribution in [3.63, 3.8) is 0 Å². The number of anilines is 2. The van der Waals surface area contributed by atoms with E-state index in [1.807, 2.05) is 12.1 Å². The average molecular weight is 517 g/mol. The van der Waals surface area contributed by atoms with Gasteiger partial charge >= 0.3 is 0 Å². The van der Waals surface area contributed by atoms with Gasteiger partial charge < -0.3 is 19.3 Å². The fraction of sp³-hybridized carbons (Fsp3) is 0.226. The summed E-state index contributed by atoms with van der Waals surface area (Å²) < 4.78 is 25.1. The SMILES string of the molecule is COc1cc(C2N(c3ccc(C)cc3)CCN2c2ccc(C)cc2)cc(Cl)c1OCc1ccc(F)cc1. The molecule has 1 fully saturated rings. The van der Waals surface area contributed by atoms with Gasteiger partial charge in [0.1, 0.15) is 18.6 Å². The minimum atomic E-state index is -0.281. The van der Waals surface area contributed by atoms with Crippen molar-refractivity contribution in [1.29, 1.82) is 0 Å². The third-order valence-electron chi connectivity index (χ3n) is 6.75. The number of hydrogen-bond donors (Lipinski definition) is 0. The standard InChI is InChI=1S/C31H30ClFN2O2/c1-21-4-12-26(13-5-21)34-16-17-35(27-14-6-22(2)7-15-27)31(34)24-18-28(32)30(29(19-24)36-3)37-20-23-8-10-25(33)11-9-23/h4-15,18-19,31H,16-17,20H2,1-3H3. The highest BCUT2D eigenvalue weighted by molar-refractivity contribution is 6.32. The van der Waals surface area contributed by atoms with E-state index >= 15 is 0 Å². The van der Waals surface area contributed by atoms with Gasteiger partial charge in [0, 0.05) is 30.0 Å². The van der Waals surface area contributed by atoms with Gasteiger partial charge in [0.25, 0.3) is 0 Å². The molecule has 4 aromatic rings. The van der Waals surface area contributed by atoms with E-state index in [0.29, 0.717) is 16.5 Å². The summed E-state index contributed by atoms with van der Waals surface area (Å²) in [5.41, 5.74) is 6.60. The molecule has 1 heterocycles. The molecule has 1 aliphatic heterocycles.